The minimum absolute atomic E-state index is 0.151. The average Bonchev–Trinajstić information content (AvgIpc) is 2.38. The Bertz CT molecular complexity index is 534. The van der Waals surface area contributed by atoms with Crippen LogP contribution in [0.2, 0.25) is 0 Å². The van der Waals surface area contributed by atoms with Crippen LogP contribution in [0.5, 0.6) is 5.75 Å². The molecule has 0 saturated carbocycles. The van der Waals surface area contributed by atoms with Gasteiger partial charge in [-0.2, -0.15) is 0 Å². The van der Waals surface area contributed by atoms with E-state index in [0.29, 0.717) is 0 Å². The van der Waals surface area contributed by atoms with Crippen LogP contribution in [0.3, 0.4) is 0 Å². The van der Waals surface area contributed by atoms with E-state index < -0.39 is 0 Å². The molecular formula is C16H19NO. The number of aryl methyl sites for hydroxylation is 2. The van der Waals surface area contributed by atoms with Crippen molar-refractivity contribution in [1.82, 2.24) is 0 Å². The second-order valence-corrected chi connectivity index (χ2v) is 4.59. The molecule has 0 fully saturated rings. The van der Waals surface area contributed by atoms with Crippen molar-refractivity contribution in [3.63, 3.8) is 0 Å². The van der Waals surface area contributed by atoms with Gasteiger partial charge in [-0.05, 0) is 36.6 Å². The van der Waals surface area contributed by atoms with Crippen LogP contribution in [-0.2, 0) is 0 Å². The topological polar surface area (TPSA) is 35.2 Å². The zero-order chi connectivity index (χ0) is 13.1. The maximum atomic E-state index is 6.36. The van der Waals surface area contributed by atoms with Crippen LogP contribution in [0, 0.1) is 13.8 Å². The smallest absolute Gasteiger partial charge is 0.124 e. The first-order valence-corrected chi connectivity index (χ1v) is 6.09. The summed E-state index contributed by atoms with van der Waals surface area (Å²) < 4.78 is 5.47. The molecule has 0 saturated heterocycles. The molecule has 2 rings (SSSR count). The highest BCUT2D eigenvalue weighted by atomic mass is 16.5. The molecule has 2 aromatic rings. The van der Waals surface area contributed by atoms with Gasteiger partial charge in [-0.1, -0.05) is 36.4 Å². The predicted octanol–water partition coefficient (Wildman–Crippen LogP) is 3.36. The summed E-state index contributed by atoms with van der Waals surface area (Å²) in [5, 5.41) is 0. The molecule has 18 heavy (non-hydrogen) atoms. The quantitative estimate of drug-likeness (QED) is 0.894. The Balaban J connectivity index is 2.51. The molecule has 1 unspecified atom stereocenters. The second kappa shape index (κ2) is 5.23. The van der Waals surface area contributed by atoms with Crippen LogP contribution >= 0.6 is 0 Å². The normalized spacial score (nSPS) is 12.2. The Morgan fingerprint density at radius 1 is 1.06 bits per heavy atom. The molecule has 2 nitrogen and oxygen atoms in total. The van der Waals surface area contributed by atoms with Crippen molar-refractivity contribution >= 4 is 0 Å². The van der Waals surface area contributed by atoms with Crippen LogP contribution in [0.15, 0.2) is 42.5 Å². The summed E-state index contributed by atoms with van der Waals surface area (Å²) in [6.07, 6.45) is 0. The Hall–Kier alpha value is -1.80. The molecule has 0 radical (unpaired) electrons. The predicted molar refractivity (Wildman–Crippen MR) is 74.9 cm³/mol. The minimum atomic E-state index is -0.151. The van der Waals surface area contributed by atoms with E-state index in [1.165, 1.54) is 11.1 Å². The third-order valence-corrected chi connectivity index (χ3v) is 3.18. The Kier molecular flexibility index (Phi) is 3.68. The first-order valence-electron chi connectivity index (χ1n) is 6.09. The number of ether oxygens (including phenoxy) is 1. The van der Waals surface area contributed by atoms with Gasteiger partial charge in [-0.25, -0.2) is 0 Å². The summed E-state index contributed by atoms with van der Waals surface area (Å²) in [7, 11) is 1.69. The summed E-state index contributed by atoms with van der Waals surface area (Å²) in [4.78, 5) is 0. The van der Waals surface area contributed by atoms with E-state index in [9.17, 15) is 0 Å². The van der Waals surface area contributed by atoms with Gasteiger partial charge in [0, 0.05) is 5.56 Å². The number of hydrogen-bond donors (Lipinski definition) is 1. The van der Waals surface area contributed by atoms with Gasteiger partial charge in [-0.15, -0.1) is 0 Å². The first kappa shape index (κ1) is 12.7. The van der Waals surface area contributed by atoms with E-state index in [4.69, 9.17) is 10.5 Å². The van der Waals surface area contributed by atoms with E-state index in [1.54, 1.807) is 7.11 Å². The molecule has 0 aliphatic rings. The van der Waals surface area contributed by atoms with Gasteiger partial charge in [0.1, 0.15) is 5.75 Å². The van der Waals surface area contributed by atoms with Crippen molar-refractivity contribution in [3.8, 4) is 5.75 Å². The molecule has 0 amide bonds. The summed E-state index contributed by atoms with van der Waals surface area (Å²) in [6, 6.07) is 14.1. The zero-order valence-corrected chi connectivity index (χ0v) is 11.1. The molecule has 0 bridgehead atoms. The van der Waals surface area contributed by atoms with E-state index in [1.807, 2.05) is 36.4 Å². The fraction of sp³-hybridized carbons (Fsp3) is 0.250. The molecule has 0 aromatic heterocycles. The molecule has 0 spiro atoms. The minimum Gasteiger partial charge on any atom is -0.496 e. The number of methoxy groups -OCH3 is 1. The SMILES string of the molecule is COc1cc(C)cc(C)c1C(N)c1ccccc1. The van der Waals surface area contributed by atoms with Crippen molar-refractivity contribution in [2.75, 3.05) is 7.11 Å². The maximum absolute atomic E-state index is 6.36. The highest BCUT2D eigenvalue weighted by Gasteiger charge is 2.16. The molecule has 2 heteroatoms. The van der Waals surface area contributed by atoms with E-state index in [0.717, 1.165) is 16.9 Å². The van der Waals surface area contributed by atoms with Gasteiger partial charge < -0.3 is 10.5 Å². The van der Waals surface area contributed by atoms with Gasteiger partial charge in [0.05, 0.1) is 13.2 Å². The second-order valence-electron chi connectivity index (χ2n) is 4.59. The third kappa shape index (κ3) is 2.39. The Morgan fingerprint density at radius 3 is 2.33 bits per heavy atom. The highest BCUT2D eigenvalue weighted by molar-refractivity contribution is 5.48. The monoisotopic (exact) mass is 241 g/mol. The standard InChI is InChI=1S/C16H19NO/c1-11-9-12(2)15(14(10-11)18-3)16(17)13-7-5-4-6-8-13/h4-10,16H,17H2,1-3H3. The summed E-state index contributed by atoms with van der Waals surface area (Å²) >= 11 is 0. The number of rotatable bonds is 3. The van der Waals surface area contributed by atoms with E-state index in [2.05, 4.69) is 19.9 Å². The van der Waals surface area contributed by atoms with Crippen molar-refractivity contribution in [3.05, 3.63) is 64.7 Å². The van der Waals surface area contributed by atoms with E-state index in [-0.39, 0.29) is 6.04 Å². The molecule has 0 aliphatic heterocycles. The van der Waals surface area contributed by atoms with Crippen LogP contribution in [0.4, 0.5) is 0 Å². The Labute approximate surface area is 108 Å². The molecule has 94 valence electrons. The molecule has 2 N–H and O–H groups in total. The van der Waals surface area contributed by atoms with E-state index >= 15 is 0 Å². The molecular weight excluding hydrogens is 222 g/mol. The van der Waals surface area contributed by atoms with Crippen molar-refractivity contribution < 1.29 is 4.74 Å². The first-order chi connectivity index (χ1) is 8.63. The Morgan fingerprint density at radius 2 is 1.72 bits per heavy atom. The summed E-state index contributed by atoms with van der Waals surface area (Å²) in [6.45, 7) is 4.14. The molecule has 0 heterocycles. The fourth-order valence-corrected chi connectivity index (χ4v) is 2.33. The van der Waals surface area contributed by atoms with Gasteiger partial charge in [-0.3, -0.25) is 0 Å². The van der Waals surface area contributed by atoms with Crippen LogP contribution in [0.1, 0.15) is 28.3 Å². The fourth-order valence-electron chi connectivity index (χ4n) is 2.33. The van der Waals surface area contributed by atoms with Gasteiger partial charge >= 0.3 is 0 Å². The van der Waals surface area contributed by atoms with Gasteiger partial charge in [0.15, 0.2) is 0 Å². The summed E-state index contributed by atoms with van der Waals surface area (Å²) in [5.74, 6) is 0.865. The van der Waals surface area contributed by atoms with Crippen molar-refractivity contribution in [1.29, 1.82) is 0 Å². The van der Waals surface area contributed by atoms with Crippen molar-refractivity contribution in [2.24, 2.45) is 5.73 Å². The van der Waals surface area contributed by atoms with Crippen molar-refractivity contribution in [2.45, 2.75) is 19.9 Å². The maximum Gasteiger partial charge on any atom is 0.124 e. The lowest BCUT2D eigenvalue weighted by Crippen LogP contribution is -2.14. The third-order valence-electron chi connectivity index (χ3n) is 3.18. The van der Waals surface area contributed by atoms with Gasteiger partial charge in [0.25, 0.3) is 0 Å². The lowest BCUT2D eigenvalue weighted by Gasteiger charge is -2.19. The van der Waals surface area contributed by atoms with Crippen LogP contribution in [-0.4, -0.2) is 7.11 Å². The number of hydrogen-bond acceptors (Lipinski definition) is 2. The number of nitrogens with two attached hydrogens (primary N) is 1. The lowest BCUT2D eigenvalue weighted by atomic mass is 9.93. The highest BCUT2D eigenvalue weighted by Crippen LogP contribution is 2.32. The molecule has 2 aromatic carbocycles. The lowest BCUT2D eigenvalue weighted by molar-refractivity contribution is 0.407. The van der Waals surface area contributed by atoms with Gasteiger partial charge in [0.2, 0.25) is 0 Å². The average molecular weight is 241 g/mol. The van der Waals surface area contributed by atoms with Crippen LogP contribution < -0.4 is 10.5 Å². The van der Waals surface area contributed by atoms with Crippen LogP contribution in [0.25, 0.3) is 0 Å². The molecule has 0 aliphatic carbocycles. The zero-order valence-electron chi connectivity index (χ0n) is 11.1. The largest absolute Gasteiger partial charge is 0.496 e. The summed E-state index contributed by atoms with van der Waals surface area (Å²) in [5.41, 5.74) is 10.9. The number of benzene rings is 2. The molecule has 1 atom stereocenters.